The molecule has 3 heterocycles. The van der Waals surface area contributed by atoms with Gasteiger partial charge in [0.05, 0.1) is 33.9 Å². The number of amides is 1. The van der Waals surface area contributed by atoms with Crippen LogP contribution in [0, 0.1) is 5.92 Å². The van der Waals surface area contributed by atoms with Crippen molar-refractivity contribution in [2.75, 3.05) is 15.8 Å². The van der Waals surface area contributed by atoms with Crippen molar-refractivity contribution in [1.82, 2.24) is 4.98 Å². The molecule has 2 bridgehead atoms. The monoisotopic (exact) mass is 469 g/mol. The van der Waals surface area contributed by atoms with Gasteiger partial charge in [-0.2, -0.15) is 0 Å². The highest BCUT2D eigenvalue weighted by atomic mass is 35.5. The normalized spacial score (nSPS) is 25.3. The van der Waals surface area contributed by atoms with Gasteiger partial charge in [-0.15, -0.1) is 0 Å². The van der Waals surface area contributed by atoms with E-state index in [-0.39, 0.29) is 35.6 Å². The average molecular weight is 470 g/mol. The number of carbonyl (C=O) groups is 1. The lowest BCUT2D eigenvalue weighted by Gasteiger charge is -2.27. The molecule has 0 spiro atoms. The molecule has 1 amide bonds. The average Bonchev–Trinajstić information content (AvgIpc) is 3.32. The van der Waals surface area contributed by atoms with Crippen molar-refractivity contribution in [2.24, 2.45) is 5.92 Å². The Hall–Kier alpha value is -1.87. The second-order valence-electron chi connectivity index (χ2n) is 7.44. The Morgan fingerprint density at radius 1 is 1.17 bits per heavy atom. The molecule has 0 saturated carbocycles. The molecular formula is C20H21Cl2N3O4S. The Balaban J connectivity index is 1.59. The third kappa shape index (κ3) is 4.27. The number of nitrogens with one attached hydrogen (secondary N) is 2. The molecule has 2 fully saturated rings. The summed E-state index contributed by atoms with van der Waals surface area (Å²) in [5.41, 5.74) is 1.38. The zero-order valence-electron chi connectivity index (χ0n) is 16.1. The summed E-state index contributed by atoms with van der Waals surface area (Å²) in [7, 11) is -3.45. The molecule has 2 aliphatic heterocycles. The lowest BCUT2D eigenvalue weighted by atomic mass is 9.75. The maximum absolute atomic E-state index is 13.2. The van der Waals surface area contributed by atoms with Crippen LogP contribution in [0.4, 0.5) is 11.5 Å². The molecule has 0 unspecified atom stereocenters. The number of hydrogen-bond acceptors (Lipinski definition) is 5. The van der Waals surface area contributed by atoms with Crippen LogP contribution in [0.5, 0.6) is 0 Å². The van der Waals surface area contributed by atoms with Gasteiger partial charge in [-0.25, -0.2) is 13.4 Å². The molecule has 30 heavy (non-hydrogen) atoms. The van der Waals surface area contributed by atoms with Crippen molar-refractivity contribution in [2.45, 2.75) is 37.9 Å². The van der Waals surface area contributed by atoms with Crippen LogP contribution >= 0.6 is 23.2 Å². The summed E-state index contributed by atoms with van der Waals surface area (Å²) < 4.78 is 32.3. The molecule has 7 nitrogen and oxygen atoms in total. The lowest BCUT2D eigenvalue weighted by molar-refractivity contribution is -0.121. The molecule has 4 rings (SSSR count). The second-order valence-corrected chi connectivity index (χ2v) is 10.3. The van der Waals surface area contributed by atoms with Gasteiger partial charge in [0.2, 0.25) is 15.9 Å². The van der Waals surface area contributed by atoms with E-state index in [1.54, 1.807) is 43.5 Å². The van der Waals surface area contributed by atoms with E-state index in [0.29, 0.717) is 15.7 Å². The minimum Gasteiger partial charge on any atom is -0.373 e. The maximum Gasteiger partial charge on any atom is 0.233 e. The molecule has 0 radical (unpaired) electrons. The fourth-order valence-electron chi connectivity index (χ4n) is 4.17. The fourth-order valence-corrected chi connectivity index (χ4v) is 5.05. The minimum atomic E-state index is -3.45. The molecule has 1 aromatic carbocycles. The quantitative estimate of drug-likeness (QED) is 0.664. The number of pyridine rings is 1. The van der Waals surface area contributed by atoms with Crippen LogP contribution in [0.3, 0.4) is 0 Å². The Labute approximate surface area is 185 Å². The van der Waals surface area contributed by atoms with Gasteiger partial charge in [0.15, 0.2) is 0 Å². The Morgan fingerprint density at radius 2 is 1.93 bits per heavy atom. The molecular weight excluding hydrogens is 449 g/mol. The smallest absolute Gasteiger partial charge is 0.233 e. The molecule has 0 aliphatic carbocycles. The molecule has 2 aliphatic rings. The molecule has 4 atom stereocenters. The number of rotatable bonds is 6. The number of ether oxygens (including phenoxy) is 1. The van der Waals surface area contributed by atoms with Crippen molar-refractivity contribution >= 4 is 50.6 Å². The van der Waals surface area contributed by atoms with Gasteiger partial charge >= 0.3 is 0 Å². The van der Waals surface area contributed by atoms with Crippen LogP contribution in [0.25, 0.3) is 0 Å². The Morgan fingerprint density at radius 3 is 2.67 bits per heavy atom. The number of aromatic nitrogens is 1. The van der Waals surface area contributed by atoms with Gasteiger partial charge in [-0.05, 0) is 55.7 Å². The van der Waals surface area contributed by atoms with Crippen LogP contribution < -0.4 is 10.0 Å². The van der Waals surface area contributed by atoms with Crippen LogP contribution in [-0.4, -0.2) is 37.3 Å². The van der Waals surface area contributed by atoms with E-state index in [2.05, 4.69) is 15.0 Å². The van der Waals surface area contributed by atoms with Crippen LogP contribution in [0.15, 0.2) is 36.5 Å². The highest BCUT2D eigenvalue weighted by molar-refractivity contribution is 7.92. The predicted molar refractivity (Wildman–Crippen MR) is 117 cm³/mol. The lowest BCUT2D eigenvalue weighted by Crippen LogP contribution is -2.36. The third-order valence-electron chi connectivity index (χ3n) is 5.57. The summed E-state index contributed by atoms with van der Waals surface area (Å²) in [5, 5.41) is 3.68. The van der Waals surface area contributed by atoms with E-state index in [1.165, 1.54) is 0 Å². The van der Waals surface area contributed by atoms with Gasteiger partial charge in [-0.1, -0.05) is 23.2 Å². The number of hydrogen-bond donors (Lipinski definition) is 2. The highest BCUT2D eigenvalue weighted by Crippen LogP contribution is 2.49. The van der Waals surface area contributed by atoms with Gasteiger partial charge in [0, 0.05) is 17.8 Å². The van der Waals surface area contributed by atoms with Gasteiger partial charge in [-0.3, -0.25) is 9.52 Å². The summed E-state index contributed by atoms with van der Waals surface area (Å²) in [5.74, 6) is -0.584. The number of halogens is 2. The summed E-state index contributed by atoms with van der Waals surface area (Å²) >= 11 is 12.0. The third-order valence-corrected chi connectivity index (χ3v) is 7.59. The molecule has 2 N–H and O–H groups in total. The Kier molecular flexibility index (Phi) is 5.94. The highest BCUT2D eigenvalue weighted by Gasteiger charge is 2.52. The van der Waals surface area contributed by atoms with E-state index in [9.17, 15) is 13.2 Å². The first kappa shape index (κ1) is 21.4. The van der Waals surface area contributed by atoms with Gasteiger partial charge in [0.25, 0.3) is 0 Å². The largest absolute Gasteiger partial charge is 0.373 e. The van der Waals surface area contributed by atoms with Crippen molar-refractivity contribution in [3.63, 3.8) is 0 Å². The Bertz CT molecular complexity index is 1080. The first-order chi connectivity index (χ1) is 14.3. The molecule has 2 aromatic rings. The first-order valence-corrected chi connectivity index (χ1v) is 12.1. The number of benzene rings is 1. The summed E-state index contributed by atoms with van der Waals surface area (Å²) in [6.45, 7) is 1.55. The standard InChI is InChI=1S/C20H21Cl2N3O4S/c1-2-30(27,28)25-17-9-11(7-8-23-17)18-15-5-6-16(29-15)19(18)20(26)24-12-3-4-13(21)14(22)10-12/h3-4,7-10,15-16,18-19H,2,5-6H2,1H3,(H,23,25)(H,24,26)/t15-,16+,18-,19-/m0/s1. The van der Waals surface area contributed by atoms with Gasteiger partial charge < -0.3 is 10.1 Å². The van der Waals surface area contributed by atoms with Crippen molar-refractivity contribution in [3.05, 3.63) is 52.1 Å². The van der Waals surface area contributed by atoms with Crippen LogP contribution in [0.1, 0.15) is 31.2 Å². The topological polar surface area (TPSA) is 97.4 Å². The van der Waals surface area contributed by atoms with E-state index >= 15 is 0 Å². The first-order valence-electron chi connectivity index (χ1n) is 9.65. The summed E-state index contributed by atoms with van der Waals surface area (Å²) in [6.07, 6.45) is 2.91. The predicted octanol–water partition coefficient (Wildman–Crippen LogP) is 4.05. The van der Waals surface area contributed by atoms with Crippen LogP contribution in [0.2, 0.25) is 10.0 Å². The van der Waals surface area contributed by atoms with Crippen LogP contribution in [-0.2, 0) is 19.6 Å². The van der Waals surface area contributed by atoms with Crippen molar-refractivity contribution in [3.8, 4) is 0 Å². The second kappa shape index (κ2) is 8.34. The van der Waals surface area contributed by atoms with E-state index < -0.39 is 15.9 Å². The van der Waals surface area contributed by atoms with Crippen molar-refractivity contribution < 1.29 is 17.9 Å². The zero-order chi connectivity index (χ0) is 21.5. The van der Waals surface area contributed by atoms with E-state index in [4.69, 9.17) is 27.9 Å². The molecule has 10 heteroatoms. The zero-order valence-corrected chi connectivity index (χ0v) is 18.5. The number of sulfonamides is 1. The molecule has 1 aromatic heterocycles. The minimum absolute atomic E-state index is 0.0508. The number of anilines is 2. The van der Waals surface area contributed by atoms with E-state index in [0.717, 1.165) is 18.4 Å². The molecule has 160 valence electrons. The number of carbonyl (C=O) groups excluding carboxylic acids is 1. The molecule has 2 saturated heterocycles. The number of nitrogens with zero attached hydrogens (tertiary/aromatic N) is 1. The number of fused-ring (bicyclic) bond motifs is 2. The maximum atomic E-state index is 13.2. The summed E-state index contributed by atoms with van der Waals surface area (Å²) in [6, 6.07) is 8.41. The van der Waals surface area contributed by atoms with Crippen molar-refractivity contribution in [1.29, 1.82) is 0 Å². The summed E-state index contributed by atoms with van der Waals surface area (Å²) in [4.78, 5) is 17.3. The van der Waals surface area contributed by atoms with E-state index in [1.807, 2.05) is 0 Å². The SMILES string of the molecule is CCS(=O)(=O)Nc1cc([C@@H]2[C@@H](C(=O)Nc3ccc(Cl)c(Cl)c3)[C@H]3CC[C@@H]2O3)ccn1. The van der Waals surface area contributed by atoms with Gasteiger partial charge in [0.1, 0.15) is 5.82 Å². The fraction of sp³-hybridized carbons (Fsp3) is 0.400.